The number of nitrogens with one attached hydrogen (secondary N) is 1. The van der Waals surface area contributed by atoms with Crippen LogP contribution in [0.25, 0.3) is 11.0 Å². The lowest BCUT2D eigenvalue weighted by atomic mass is 10.2. The van der Waals surface area contributed by atoms with Gasteiger partial charge >= 0.3 is 6.09 Å². The monoisotopic (exact) mass is 415 g/mol. The minimum atomic E-state index is -0.743. The molecule has 0 aromatic carbocycles. The molecule has 28 heavy (non-hydrogen) atoms. The number of rotatable bonds is 5. The van der Waals surface area contributed by atoms with Crippen LogP contribution in [0.1, 0.15) is 12.5 Å². The number of carbonyl (C=O) groups is 1. The maximum atomic E-state index is 11.5. The Balaban J connectivity index is 1.90. The van der Waals surface area contributed by atoms with Crippen LogP contribution in [0.5, 0.6) is 5.75 Å². The third-order valence-electron chi connectivity index (χ3n) is 3.33. The predicted octanol–water partition coefficient (Wildman–Crippen LogP) is 4.37. The topological polar surface area (TPSA) is 146 Å². The van der Waals surface area contributed by atoms with E-state index in [4.69, 9.17) is 4.74 Å². The smallest absolute Gasteiger partial charge is 0.412 e. The Labute approximate surface area is 167 Å². The second kappa shape index (κ2) is 8.59. The number of pyridine rings is 2. The van der Waals surface area contributed by atoms with Crippen molar-refractivity contribution in [3.63, 3.8) is 0 Å². The number of amides is 1. The van der Waals surface area contributed by atoms with E-state index in [2.05, 4.69) is 36.0 Å². The molecule has 0 bridgehead atoms. The van der Waals surface area contributed by atoms with Gasteiger partial charge in [-0.1, -0.05) is 0 Å². The molecule has 3 aromatic heterocycles. The highest BCUT2D eigenvalue weighted by atomic mass is 32.2. The summed E-state index contributed by atoms with van der Waals surface area (Å²) in [5, 5.41) is 31.2. The SMILES string of the molecule is CCOC(=O)Nc1nc(/N=N/c2snc3nc(SC)c(C#N)cc23)ccc1O. The van der Waals surface area contributed by atoms with Crippen LogP contribution in [0.15, 0.2) is 33.5 Å². The van der Waals surface area contributed by atoms with Gasteiger partial charge in [0.05, 0.1) is 17.6 Å². The number of hydrogen-bond donors (Lipinski definition) is 2. The fourth-order valence-electron chi connectivity index (χ4n) is 2.11. The quantitative estimate of drug-likeness (QED) is 0.461. The molecule has 0 spiro atoms. The van der Waals surface area contributed by atoms with E-state index < -0.39 is 6.09 Å². The van der Waals surface area contributed by atoms with Gasteiger partial charge in [0.2, 0.25) is 0 Å². The Morgan fingerprint density at radius 3 is 2.96 bits per heavy atom. The molecule has 142 valence electrons. The summed E-state index contributed by atoms with van der Waals surface area (Å²) in [5.41, 5.74) is 0.908. The maximum absolute atomic E-state index is 11.5. The van der Waals surface area contributed by atoms with E-state index in [1.165, 1.54) is 23.9 Å². The fraction of sp³-hybridized carbons (Fsp3) is 0.188. The molecule has 12 heteroatoms. The molecule has 3 aromatic rings. The van der Waals surface area contributed by atoms with Gasteiger partial charge in [-0.25, -0.2) is 14.8 Å². The van der Waals surface area contributed by atoms with Crippen LogP contribution in [0, 0.1) is 11.3 Å². The number of aromatic hydroxyl groups is 1. The fourth-order valence-corrected chi connectivity index (χ4v) is 3.25. The summed E-state index contributed by atoms with van der Waals surface area (Å²) in [7, 11) is 0. The van der Waals surface area contributed by atoms with Crippen molar-refractivity contribution < 1.29 is 14.6 Å². The van der Waals surface area contributed by atoms with Crippen LogP contribution in [-0.2, 0) is 4.74 Å². The molecule has 3 rings (SSSR count). The first-order chi connectivity index (χ1) is 13.5. The minimum Gasteiger partial charge on any atom is -0.504 e. The van der Waals surface area contributed by atoms with E-state index in [0.717, 1.165) is 11.5 Å². The molecule has 0 radical (unpaired) electrons. The van der Waals surface area contributed by atoms with E-state index in [0.29, 0.717) is 26.6 Å². The summed E-state index contributed by atoms with van der Waals surface area (Å²) in [5.74, 6) is -0.176. The molecule has 10 nitrogen and oxygen atoms in total. The Kier molecular flexibility index (Phi) is 5.97. The average Bonchev–Trinajstić information content (AvgIpc) is 3.09. The molecule has 0 aliphatic carbocycles. The first-order valence-electron chi connectivity index (χ1n) is 7.85. The molecule has 0 unspecified atom stereocenters. The molecule has 0 aliphatic heterocycles. The number of hydrogen-bond acceptors (Lipinski definition) is 11. The summed E-state index contributed by atoms with van der Waals surface area (Å²) < 4.78 is 8.98. The largest absolute Gasteiger partial charge is 0.504 e. The van der Waals surface area contributed by atoms with Gasteiger partial charge in [-0.3, -0.25) is 5.32 Å². The number of thioether (sulfide) groups is 1. The molecular formula is C16H13N7O3S2. The maximum Gasteiger partial charge on any atom is 0.412 e. The van der Waals surface area contributed by atoms with Gasteiger partial charge in [-0.05, 0) is 42.9 Å². The molecule has 2 N–H and O–H groups in total. The van der Waals surface area contributed by atoms with Gasteiger partial charge in [-0.15, -0.1) is 22.0 Å². The predicted molar refractivity (Wildman–Crippen MR) is 105 cm³/mol. The zero-order chi connectivity index (χ0) is 20.1. The van der Waals surface area contributed by atoms with Gasteiger partial charge in [0.15, 0.2) is 28.0 Å². The highest BCUT2D eigenvalue weighted by molar-refractivity contribution is 7.98. The number of azo groups is 1. The van der Waals surface area contributed by atoms with Crippen molar-refractivity contribution in [1.29, 1.82) is 5.26 Å². The average molecular weight is 415 g/mol. The second-order valence-electron chi connectivity index (χ2n) is 5.10. The lowest BCUT2D eigenvalue weighted by molar-refractivity contribution is 0.167. The van der Waals surface area contributed by atoms with Crippen LogP contribution >= 0.6 is 23.3 Å². The van der Waals surface area contributed by atoms with Crippen LogP contribution in [-0.4, -0.2) is 38.4 Å². The van der Waals surface area contributed by atoms with Crippen LogP contribution in [0.2, 0.25) is 0 Å². The highest BCUT2D eigenvalue weighted by Gasteiger charge is 2.13. The van der Waals surface area contributed by atoms with Crippen LogP contribution < -0.4 is 5.32 Å². The first-order valence-corrected chi connectivity index (χ1v) is 9.85. The zero-order valence-corrected chi connectivity index (χ0v) is 16.3. The Bertz CT molecular complexity index is 1110. The van der Waals surface area contributed by atoms with E-state index in [1.54, 1.807) is 13.0 Å². The third-order valence-corrected chi connectivity index (χ3v) is 4.77. The molecule has 0 aliphatic rings. The highest BCUT2D eigenvalue weighted by Crippen LogP contribution is 2.34. The summed E-state index contributed by atoms with van der Waals surface area (Å²) in [6.07, 6.45) is 1.09. The number of fused-ring (bicyclic) bond motifs is 1. The van der Waals surface area contributed by atoms with Gasteiger partial charge in [0, 0.05) is 0 Å². The molecule has 1 amide bonds. The molecular weight excluding hydrogens is 402 g/mol. The molecule has 3 heterocycles. The summed E-state index contributed by atoms with van der Waals surface area (Å²) in [6, 6.07) is 6.53. The van der Waals surface area contributed by atoms with Gasteiger partial charge in [0.25, 0.3) is 0 Å². The number of ether oxygens (including phenoxy) is 1. The number of carbonyl (C=O) groups excluding carboxylic acids is 1. The lowest BCUT2D eigenvalue weighted by Crippen LogP contribution is -2.14. The van der Waals surface area contributed by atoms with Crippen molar-refractivity contribution in [2.24, 2.45) is 10.2 Å². The van der Waals surface area contributed by atoms with Crippen molar-refractivity contribution in [3.05, 3.63) is 23.8 Å². The Hall–Kier alpha value is -3.30. The summed E-state index contributed by atoms with van der Waals surface area (Å²) in [6.45, 7) is 1.84. The van der Waals surface area contributed by atoms with Gasteiger partial charge in [-0.2, -0.15) is 9.64 Å². The van der Waals surface area contributed by atoms with Crippen molar-refractivity contribution in [2.75, 3.05) is 18.2 Å². The zero-order valence-electron chi connectivity index (χ0n) is 14.7. The normalized spacial score (nSPS) is 10.9. The number of nitriles is 1. The Morgan fingerprint density at radius 2 is 2.25 bits per heavy atom. The Morgan fingerprint density at radius 1 is 1.43 bits per heavy atom. The van der Waals surface area contributed by atoms with Crippen LogP contribution in [0.3, 0.4) is 0 Å². The summed E-state index contributed by atoms with van der Waals surface area (Å²) in [4.78, 5) is 19.9. The van der Waals surface area contributed by atoms with Crippen LogP contribution in [0.4, 0.5) is 21.4 Å². The molecule has 0 fully saturated rings. The molecule has 0 saturated carbocycles. The van der Waals surface area contributed by atoms with Crippen molar-refractivity contribution in [3.8, 4) is 11.8 Å². The van der Waals surface area contributed by atoms with E-state index in [9.17, 15) is 15.2 Å². The molecule has 0 saturated heterocycles. The number of aromatic nitrogens is 3. The van der Waals surface area contributed by atoms with Crippen molar-refractivity contribution in [1.82, 2.24) is 14.3 Å². The van der Waals surface area contributed by atoms with E-state index >= 15 is 0 Å². The third kappa shape index (κ3) is 4.16. The van der Waals surface area contributed by atoms with Crippen molar-refractivity contribution >= 4 is 57.1 Å². The van der Waals surface area contributed by atoms with E-state index in [1.807, 2.05) is 6.26 Å². The number of nitrogens with zero attached hydrogens (tertiary/aromatic N) is 6. The van der Waals surface area contributed by atoms with Crippen molar-refractivity contribution in [2.45, 2.75) is 11.9 Å². The standard InChI is InChI=1S/C16H13N7O3S2/c1-3-26-16(25)20-13-10(24)4-5-11(18-13)21-22-15-9-6-8(7-17)14(27-2)19-12(9)23-28-15/h4-6,24H,3H2,1-2H3,(H,18,20,25)/b22-21+. The van der Waals surface area contributed by atoms with Gasteiger partial charge < -0.3 is 9.84 Å². The first kappa shape index (κ1) is 19.5. The molecule has 0 atom stereocenters. The summed E-state index contributed by atoms with van der Waals surface area (Å²) >= 11 is 2.45. The minimum absolute atomic E-state index is 0.0953. The van der Waals surface area contributed by atoms with E-state index in [-0.39, 0.29) is 24.0 Å². The van der Waals surface area contributed by atoms with Gasteiger partial charge in [0.1, 0.15) is 11.1 Å². The lowest BCUT2D eigenvalue weighted by Gasteiger charge is -2.06. The second-order valence-corrected chi connectivity index (χ2v) is 6.65. The number of anilines is 1.